The van der Waals surface area contributed by atoms with Crippen molar-refractivity contribution >= 4 is 12.0 Å². The molecule has 0 spiro atoms. The number of rotatable bonds is 5. The van der Waals surface area contributed by atoms with E-state index in [4.69, 9.17) is 13.9 Å². The van der Waals surface area contributed by atoms with Crippen molar-refractivity contribution in [2.24, 2.45) is 0 Å². The lowest BCUT2D eigenvalue weighted by molar-refractivity contribution is -0.139. The van der Waals surface area contributed by atoms with Crippen LogP contribution in [0.25, 0.3) is 0 Å². The molecule has 1 aromatic heterocycles. The van der Waals surface area contributed by atoms with Crippen LogP contribution in [0, 0.1) is 0 Å². The van der Waals surface area contributed by atoms with Crippen molar-refractivity contribution < 1.29 is 23.5 Å². The van der Waals surface area contributed by atoms with E-state index in [-0.39, 0.29) is 24.8 Å². The number of ether oxygens (including phenoxy) is 2. The summed E-state index contributed by atoms with van der Waals surface area (Å²) in [5.74, 6) is 0.0230. The number of nitrogens with one attached hydrogen (secondary N) is 2. The SMILES string of the molecule is CCOC(=O)C1=C(CN2C[C@@H](C)O[C@@H](C)C2)NC(=O)N[C@@H]1c1ccco1. The van der Waals surface area contributed by atoms with Gasteiger partial charge >= 0.3 is 12.0 Å². The summed E-state index contributed by atoms with van der Waals surface area (Å²) in [5, 5.41) is 5.53. The molecule has 0 unspecified atom stereocenters. The molecular formula is C18H25N3O5. The molecule has 3 rings (SSSR count). The Bertz CT molecular complexity index is 675. The van der Waals surface area contributed by atoms with E-state index in [1.54, 1.807) is 19.1 Å². The van der Waals surface area contributed by atoms with E-state index >= 15 is 0 Å². The zero-order valence-corrected chi connectivity index (χ0v) is 15.3. The van der Waals surface area contributed by atoms with Crippen LogP contribution in [0.3, 0.4) is 0 Å². The number of carbonyl (C=O) groups is 2. The van der Waals surface area contributed by atoms with Crippen molar-refractivity contribution in [1.82, 2.24) is 15.5 Å². The minimum Gasteiger partial charge on any atom is -0.467 e. The van der Waals surface area contributed by atoms with Gasteiger partial charge in [0, 0.05) is 25.3 Å². The molecule has 2 aliphatic heterocycles. The Morgan fingerprint density at radius 2 is 2.08 bits per heavy atom. The van der Waals surface area contributed by atoms with Crippen LogP contribution in [0.4, 0.5) is 4.79 Å². The van der Waals surface area contributed by atoms with Crippen molar-refractivity contribution in [2.75, 3.05) is 26.2 Å². The molecule has 8 heteroatoms. The first-order valence-corrected chi connectivity index (χ1v) is 8.86. The molecule has 1 fully saturated rings. The van der Waals surface area contributed by atoms with Gasteiger partial charge in [-0.1, -0.05) is 0 Å². The van der Waals surface area contributed by atoms with Gasteiger partial charge in [-0.05, 0) is 32.9 Å². The fourth-order valence-corrected chi connectivity index (χ4v) is 3.50. The quantitative estimate of drug-likeness (QED) is 0.771. The molecule has 3 heterocycles. The fourth-order valence-electron chi connectivity index (χ4n) is 3.50. The Morgan fingerprint density at radius 3 is 2.69 bits per heavy atom. The molecule has 0 bridgehead atoms. The molecular weight excluding hydrogens is 338 g/mol. The molecule has 2 N–H and O–H groups in total. The highest BCUT2D eigenvalue weighted by atomic mass is 16.5. The second-order valence-electron chi connectivity index (χ2n) is 6.61. The Labute approximate surface area is 152 Å². The van der Waals surface area contributed by atoms with Crippen LogP contribution in [0.2, 0.25) is 0 Å². The number of furan rings is 1. The smallest absolute Gasteiger partial charge is 0.338 e. The average molecular weight is 363 g/mol. The molecule has 142 valence electrons. The van der Waals surface area contributed by atoms with Crippen molar-refractivity contribution in [2.45, 2.75) is 39.0 Å². The van der Waals surface area contributed by atoms with Gasteiger partial charge < -0.3 is 24.5 Å². The molecule has 1 saturated heterocycles. The van der Waals surface area contributed by atoms with Crippen LogP contribution >= 0.6 is 0 Å². The molecule has 2 aliphatic rings. The topological polar surface area (TPSA) is 93.0 Å². The van der Waals surface area contributed by atoms with Crippen LogP contribution in [0.5, 0.6) is 0 Å². The van der Waals surface area contributed by atoms with Crippen molar-refractivity contribution in [3.05, 3.63) is 35.4 Å². The summed E-state index contributed by atoms with van der Waals surface area (Å²) in [6, 6.07) is 2.40. The lowest BCUT2D eigenvalue weighted by atomic mass is 9.99. The predicted molar refractivity (Wildman–Crippen MR) is 93.2 cm³/mol. The zero-order chi connectivity index (χ0) is 18.7. The number of esters is 1. The molecule has 0 aliphatic carbocycles. The van der Waals surface area contributed by atoms with Crippen LogP contribution < -0.4 is 10.6 Å². The van der Waals surface area contributed by atoms with Gasteiger partial charge in [0.25, 0.3) is 0 Å². The first-order valence-electron chi connectivity index (χ1n) is 8.86. The standard InChI is InChI=1S/C18H25N3O5/c1-4-24-17(22)15-13(10-21-8-11(2)26-12(3)9-21)19-18(23)20-16(15)14-6-5-7-25-14/h5-7,11-12,16H,4,8-10H2,1-3H3,(H2,19,20,23)/t11-,12+,16-/m1/s1. The van der Waals surface area contributed by atoms with Gasteiger partial charge in [0.05, 0.1) is 30.7 Å². The Hall–Kier alpha value is -2.32. The number of carbonyl (C=O) groups excluding carboxylic acids is 2. The molecule has 0 aromatic carbocycles. The third-order valence-corrected chi connectivity index (χ3v) is 4.35. The normalized spacial score (nSPS) is 27.0. The summed E-state index contributed by atoms with van der Waals surface area (Å²) < 4.78 is 16.4. The van der Waals surface area contributed by atoms with Crippen LogP contribution in [-0.2, 0) is 14.3 Å². The molecule has 26 heavy (non-hydrogen) atoms. The van der Waals surface area contributed by atoms with Gasteiger partial charge in [-0.2, -0.15) is 0 Å². The summed E-state index contributed by atoms with van der Waals surface area (Å²) in [4.78, 5) is 27.0. The van der Waals surface area contributed by atoms with E-state index in [1.165, 1.54) is 6.26 Å². The minimum absolute atomic E-state index is 0.0867. The monoisotopic (exact) mass is 363 g/mol. The summed E-state index contributed by atoms with van der Waals surface area (Å²) >= 11 is 0. The number of amides is 2. The lowest BCUT2D eigenvalue weighted by Crippen LogP contribution is -2.51. The van der Waals surface area contributed by atoms with Crippen molar-refractivity contribution in [3.63, 3.8) is 0 Å². The van der Waals surface area contributed by atoms with Gasteiger partial charge in [-0.3, -0.25) is 4.90 Å². The largest absolute Gasteiger partial charge is 0.467 e. The maximum absolute atomic E-state index is 12.6. The maximum Gasteiger partial charge on any atom is 0.338 e. The molecule has 0 saturated carbocycles. The van der Waals surface area contributed by atoms with Crippen molar-refractivity contribution in [3.8, 4) is 0 Å². The summed E-state index contributed by atoms with van der Waals surface area (Å²) in [6.45, 7) is 7.89. The molecule has 8 nitrogen and oxygen atoms in total. The lowest BCUT2D eigenvalue weighted by Gasteiger charge is -2.37. The molecule has 2 amide bonds. The first kappa shape index (κ1) is 18.5. The van der Waals surface area contributed by atoms with Crippen LogP contribution in [-0.4, -0.2) is 55.3 Å². The fraction of sp³-hybridized carbons (Fsp3) is 0.556. The highest BCUT2D eigenvalue weighted by Crippen LogP contribution is 2.28. The summed E-state index contributed by atoms with van der Waals surface area (Å²) in [6.07, 6.45) is 1.68. The highest BCUT2D eigenvalue weighted by molar-refractivity contribution is 5.95. The summed E-state index contributed by atoms with van der Waals surface area (Å²) in [7, 11) is 0. The minimum atomic E-state index is -0.677. The van der Waals surface area contributed by atoms with E-state index in [1.807, 2.05) is 13.8 Å². The highest BCUT2D eigenvalue weighted by Gasteiger charge is 2.36. The van der Waals surface area contributed by atoms with E-state index in [0.29, 0.717) is 23.6 Å². The number of nitrogens with zero attached hydrogens (tertiary/aromatic N) is 1. The second kappa shape index (κ2) is 7.92. The predicted octanol–water partition coefficient (Wildman–Crippen LogP) is 1.56. The Kier molecular flexibility index (Phi) is 5.63. The summed E-state index contributed by atoms with van der Waals surface area (Å²) in [5.41, 5.74) is 0.906. The molecule has 1 aromatic rings. The third-order valence-electron chi connectivity index (χ3n) is 4.35. The van der Waals surface area contributed by atoms with E-state index in [9.17, 15) is 9.59 Å². The van der Waals surface area contributed by atoms with Crippen molar-refractivity contribution in [1.29, 1.82) is 0 Å². The Balaban J connectivity index is 1.93. The van der Waals surface area contributed by atoms with E-state index in [2.05, 4.69) is 15.5 Å². The molecule has 0 radical (unpaired) electrons. The van der Waals surface area contributed by atoms with Gasteiger partial charge in [0.2, 0.25) is 0 Å². The zero-order valence-electron chi connectivity index (χ0n) is 15.3. The van der Waals surface area contributed by atoms with E-state index < -0.39 is 12.0 Å². The second-order valence-corrected chi connectivity index (χ2v) is 6.61. The Morgan fingerprint density at radius 1 is 1.35 bits per heavy atom. The van der Waals surface area contributed by atoms with E-state index in [0.717, 1.165) is 13.1 Å². The van der Waals surface area contributed by atoms with Gasteiger partial charge in [-0.25, -0.2) is 9.59 Å². The number of hydrogen-bond donors (Lipinski definition) is 2. The maximum atomic E-state index is 12.6. The third kappa shape index (κ3) is 4.08. The first-order chi connectivity index (χ1) is 12.5. The molecule has 3 atom stereocenters. The number of urea groups is 1. The number of hydrogen-bond acceptors (Lipinski definition) is 6. The van der Waals surface area contributed by atoms with Gasteiger partial charge in [0.15, 0.2) is 0 Å². The van der Waals surface area contributed by atoms with Gasteiger partial charge in [0.1, 0.15) is 11.8 Å². The van der Waals surface area contributed by atoms with Crippen LogP contribution in [0.1, 0.15) is 32.6 Å². The number of morpholine rings is 1. The average Bonchev–Trinajstić information content (AvgIpc) is 3.07. The van der Waals surface area contributed by atoms with Crippen LogP contribution in [0.15, 0.2) is 34.1 Å². The van der Waals surface area contributed by atoms with Gasteiger partial charge in [-0.15, -0.1) is 0 Å².